The van der Waals surface area contributed by atoms with Gasteiger partial charge in [0.1, 0.15) is 11.5 Å². The third kappa shape index (κ3) is 5.19. The molecule has 1 aromatic carbocycles. The van der Waals surface area contributed by atoms with Crippen LogP contribution in [0.1, 0.15) is 16.9 Å². The molecular formula is C15H13Br3N2O3. The van der Waals surface area contributed by atoms with E-state index in [1.165, 1.54) is 6.21 Å². The fraction of sp³-hybridized carbons (Fsp3) is 0.200. The second-order valence-corrected chi connectivity index (χ2v) is 7.17. The molecule has 0 aliphatic rings. The molecule has 0 aliphatic carbocycles. The molecule has 8 heteroatoms. The van der Waals surface area contributed by atoms with E-state index < -0.39 is 0 Å². The molecule has 0 saturated carbocycles. The summed E-state index contributed by atoms with van der Waals surface area (Å²) in [7, 11) is 0. The summed E-state index contributed by atoms with van der Waals surface area (Å²) in [5, 5.41) is 3.82. The van der Waals surface area contributed by atoms with Gasteiger partial charge in [-0.2, -0.15) is 5.10 Å². The zero-order chi connectivity index (χ0) is 17.0. The lowest BCUT2D eigenvalue weighted by Gasteiger charge is -2.11. The van der Waals surface area contributed by atoms with Crippen LogP contribution in [0.15, 0.2) is 41.3 Å². The Morgan fingerprint density at radius 3 is 2.61 bits per heavy atom. The second-order valence-electron chi connectivity index (χ2n) is 4.75. The number of carbonyl (C=O) groups is 1. The third-order valence-corrected chi connectivity index (χ3v) is 5.07. The van der Waals surface area contributed by atoms with Crippen molar-refractivity contribution in [2.24, 2.45) is 5.10 Å². The number of hydrogen-bond donors (Lipinski definition) is 1. The zero-order valence-corrected chi connectivity index (χ0v) is 17.1. The van der Waals surface area contributed by atoms with Gasteiger partial charge in [0, 0.05) is 6.07 Å². The first kappa shape index (κ1) is 18.2. The minimum Gasteiger partial charge on any atom is -0.482 e. The fourth-order valence-corrected chi connectivity index (χ4v) is 3.25. The average Bonchev–Trinajstić information content (AvgIpc) is 2.76. The van der Waals surface area contributed by atoms with Crippen LogP contribution < -0.4 is 10.2 Å². The van der Waals surface area contributed by atoms with Crippen LogP contribution in [0.2, 0.25) is 0 Å². The van der Waals surface area contributed by atoms with E-state index in [4.69, 9.17) is 9.15 Å². The molecule has 0 spiro atoms. The van der Waals surface area contributed by atoms with Crippen molar-refractivity contribution in [3.8, 4) is 5.75 Å². The number of aryl methyl sites for hydroxylation is 2. The Hall–Kier alpha value is -1.12. The highest BCUT2D eigenvalue weighted by Crippen LogP contribution is 2.30. The van der Waals surface area contributed by atoms with Gasteiger partial charge in [0.2, 0.25) is 0 Å². The molecule has 0 unspecified atom stereocenters. The van der Waals surface area contributed by atoms with Crippen molar-refractivity contribution in [2.45, 2.75) is 13.8 Å². The largest absolute Gasteiger partial charge is 0.482 e. The molecule has 2 rings (SSSR count). The lowest BCUT2D eigenvalue weighted by Crippen LogP contribution is -2.24. The van der Waals surface area contributed by atoms with Crippen molar-refractivity contribution in [2.75, 3.05) is 6.61 Å². The van der Waals surface area contributed by atoms with Gasteiger partial charge in [-0.25, -0.2) is 5.43 Å². The van der Waals surface area contributed by atoms with Crippen LogP contribution >= 0.6 is 47.8 Å². The predicted molar refractivity (Wildman–Crippen MR) is 99.0 cm³/mol. The summed E-state index contributed by atoms with van der Waals surface area (Å²) < 4.78 is 13.0. The van der Waals surface area contributed by atoms with Crippen molar-refractivity contribution in [3.05, 3.63) is 48.7 Å². The Morgan fingerprint density at radius 1 is 1.26 bits per heavy atom. The first-order chi connectivity index (χ1) is 10.9. The predicted octanol–water partition coefficient (Wildman–Crippen LogP) is 4.71. The summed E-state index contributed by atoms with van der Waals surface area (Å²) in [6.45, 7) is 3.79. The number of benzene rings is 1. The highest BCUT2D eigenvalue weighted by molar-refractivity contribution is 9.13. The molecule has 0 aliphatic heterocycles. The summed E-state index contributed by atoms with van der Waals surface area (Å²) in [5.41, 5.74) is 4.45. The highest BCUT2D eigenvalue weighted by atomic mass is 79.9. The molecule has 1 heterocycles. The number of amides is 1. The minimum absolute atomic E-state index is 0.134. The van der Waals surface area contributed by atoms with Crippen molar-refractivity contribution in [1.29, 1.82) is 0 Å². The third-order valence-electron chi connectivity index (χ3n) is 2.77. The number of nitrogens with zero attached hydrogens (tertiary/aromatic N) is 1. The average molecular weight is 509 g/mol. The van der Waals surface area contributed by atoms with E-state index in [0.29, 0.717) is 16.2 Å². The molecule has 1 aromatic heterocycles. The van der Waals surface area contributed by atoms with Crippen LogP contribution in [0.25, 0.3) is 0 Å². The van der Waals surface area contributed by atoms with Crippen molar-refractivity contribution in [1.82, 2.24) is 5.43 Å². The molecule has 2 aromatic rings. The van der Waals surface area contributed by atoms with E-state index in [1.54, 1.807) is 6.07 Å². The van der Waals surface area contributed by atoms with Crippen LogP contribution in [0, 0.1) is 13.8 Å². The normalized spacial score (nSPS) is 11.0. The van der Waals surface area contributed by atoms with E-state index in [0.717, 1.165) is 20.1 Å². The van der Waals surface area contributed by atoms with Gasteiger partial charge in [0.25, 0.3) is 5.91 Å². The van der Waals surface area contributed by atoms with Gasteiger partial charge in [-0.1, -0.05) is 6.07 Å². The van der Waals surface area contributed by atoms with Gasteiger partial charge in [-0.3, -0.25) is 4.79 Å². The van der Waals surface area contributed by atoms with Gasteiger partial charge < -0.3 is 9.15 Å². The molecule has 0 radical (unpaired) electrons. The molecule has 1 N–H and O–H groups in total. The Morgan fingerprint density at radius 2 is 2.00 bits per heavy atom. The fourth-order valence-electron chi connectivity index (χ4n) is 1.85. The Kier molecular flexibility index (Phi) is 6.43. The van der Waals surface area contributed by atoms with Crippen molar-refractivity contribution >= 4 is 59.9 Å². The van der Waals surface area contributed by atoms with Crippen LogP contribution in [-0.2, 0) is 4.79 Å². The summed E-state index contributed by atoms with van der Waals surface area (Å²) in [6, 6.07) is 5.65. The summed E-state index contributed by atoms with van der Waals surface area (Å²) in [6.07, 6.45) is 1.40. The van der Waals surface area contributed by atoms with Crippen LogP contribution in [0.5, 0.6) is 5.75 Å². The molecule has 1 amide bonds. The SMILES string of the molecule is Cc1cc(C)c(OCC(=O)NN=Cc2cc(Br)c(Br)o2)c(Br)c1. The zero-order valence-electron chi connectivity index (χ0n) is 12.3. The molecular weight excluding hydrogens is 496 g/mol. The Balaban J connectivity index is 1.88. The lowest BCUT2D eigenvalue weighted by molar-refractivity contribution is -0.123. The molecule has 122 valence electrons. The van der Waals surface area contributed by atoms with E-state index in [9.17, 15) is 4.79 Å². The van der Waals surface area contributed by atoms with E-state index in [1.807, 2.05) is 26.0 Å². The monoisotopic (exact) mass is 506 g/mol. The van der Waals surface area contributed by atoms with Crippen molar-refractivity contribution in [3.63, 3.8) is 0 Å². The first-order valence-corrected chi connectivity index (χ1v) is 8.91. The number of nitrogens with one attached hydrogen (secondary N) is 1. The maximum atomic E-state index is 11.8. The van der Waals surface area contributed by atoms with Gasteiger partial charge in [0.05, 0.1) is 15.2 Å². The van der Waals surface area contributed by atoms with E-state index >= 15 is 0 Å². The molecule has 5 nitrogen and oxygen atoms in total. The second kappa shape index (κ2) is 8.12. The Labute approximate surface area is 158 Å². The van der Waals surface area contributed by atoms with Crippen LogP contribution in [0.4, 0.5) is 0 Å². The lowest BCUT2D eigenvalue weighted by atomic mass is 10.1. The van der Waals surface area contributed by atoms with Crippen LogP contribution in [0.3, 0.4) is 0 Å². The van der Waals surface area contributed by atoms with Gasteiger partial charge in [-0.15, -0.1) is 0 Å². The van der Waals surface area contributed by atoms with Gasteiger partial charge in [-0.05, 0) is 78.8 Å². The molecule has 0 fully saturated rings. The first-order valence-electron chi connectivity index (χ1n) is 6.53. The number of ether oxygens (including phenoxy) is 1. The van der Waals surface area contributed by atoms with Crippen LogP contribution in [-0.4, -0.2) is 18.7 Å². The molecule has 0 saturated heterocycles. The number of hydrazone groups is 1. The smallest absolute Gasteiger partial charge is 0.277 e. The van der Waals surface area contributed by atoms with Gasteiger partial charge in [0.15, 0.2) is 11.3 Å². The number of furan rings is 1. The van der Waals surface area contributed by atoms with Gasteiger partial charge >= 0.3 is 0 Å². The van der Waals surface area contributed by atoms with E-state index in [-0.39, 0.29) is 12.5 Å². The standard InChI is InChI=1S/C15H13Br3N2O3/c1-8-3-9(2)14(11(16)4-8)22-7-13(21)20-19-6-10-5-12(17)15(18)23-10/h3-6H,7H2,1-2H3,(H,20,21). The summed E-state index contributed by atoms with van der Waals surface area (Å²) >= 11 is 9.94. The van der Waals surface area contributed by atoms with Crippen molar-refractivity contribution < 1.29 is 13.9 Å². The summed E-state index contributed by atoms with van der Waals surface area (Å²) in [5.74, 6) is 0.786. The molecule has 0 atom stereocenters. The molecule has 0 bridgehead atoms. The number of halogens is 3. The molecule has 23 heavy (non-hydrogen) atoms. The highest BCUT2D eigenvalue weighted by Gasteiger charge is 2.09. The maximum absolute atomic E-state index is 11.8. The maximum Gasteiger partial charge on any atom is 0.277 e. The quantitative estimate of drug-likeness (QED) is 0.470. The Bertz CT molecular complexity index is 714. The topological polar surface area (TPSA) is 63.8 Å². The number of carbonyl (C=O) groups excluding carboxylic acids is 1. The minimum atomic E-state index is -0.363. The number of rotatable bonds is 5. The number of hydrogen-bond acceptors (Lipinski definition) is 4. The summed E-state index contributed by atoms with van der Waals surface area (Å²) in [4.78, 5) is 11.8. The van der Waals surface area contributed by atoms with E-state index in [2.05, 4.69) is 58.3 Å².